The maximum atomic E-state index is 12.0. The molecule has 1 aromatic rings. The summed E-state index contributed by atoms with van der Waals surface area (Å²) in [4.78, 5) is 24.9. The second-order valence-electron chi connectivity index (χ2n) is 5.23. The maximum absolute atomic E-state index is 12.0. The van der Waals surface area contributed by atoms with E-state index < -0.39 is 4.92 Å². The van der Waals surface area contributed by atoms with E-state index in [2.05, 4.69) is 16.6 Å². The van der Waals surface area contributed by atoms with Crippen LogP contribution in [0.15, 0.2) is 16.9 Å². The normalized spacial score (nSPS) is 22.3. The van der Waals surface area contributed by atoms with Crippen LogP contribution in [0.5, 0.6) is 0 Å². The summed E-state index contributed by atoms with van der Waals surface area (Å²) in [6.07, 6.45) is 4.40. The highest BCUT2D eigenvalue weighted by Crippen LogP contribution is 2.30. The molecule has 1 saturated heterocycles. The molecule has 7 nitrogen and oxygen atoms in total. The Kier molecular flexibility index (Phi) is 3.43. The Hall–Kier alpha value is -1.89. The van der Waals surface area contributed by atoms with E-state index in [-0.39, 0.29) is 17.3 Å². The topological polar surface area (TPSA) is 80.4 Å². The lowest BCUT2D eigenvalue weighted by molar-refractivity contribution is -0.384. The van der Waals surface area contributed by atoms with Crippen molar-refractivity contribution in [1.29, 1.82) is 0 Å². The Balaban J connectivity index is 1.87. The second-order valence-corrected chi connectivity index (χ2v) is 5.23. The number of hydrogen-bond donors (Lipinski definition) is 1. The van der Waals surface area contributed by atoms with Gasteiger partial charge in [-0.15, -0.1) is 0 Å². The lowest BCUT2D eigenvalue weighted by atomic mass is 10.1. The molecule has 1 radical (unpaired) electrons. The molecular formula is C13H17N4O3. The SMILES string of the molecule is O=c1ccc([N+](=O)[O-])c2n1C(CN1CC[CH]CC1)CN2. The number of aromatic nitrogens is 1. The van der Waals surface area contributed by atoms with Crippen LogP contribution in [0, 0.1) is 16.5 Å². The molecule has 2 aliphatic rings. The zero-order valence-corrected chi connectivity index (χ0v) is 11.1. The molecule has 20 heavy (non-hydrogen) atoms. The number of nitrogens with zero attached hydrogens (tertiary/aromatic N) is 3. The lowest BCUT2D eigenvalue weighted by Crippen LogP contribution is -2.37. The molecular weight excluding hydrogens is 260 g/mol. The quantitative estimate of drug-likeness (QED) is 0.659. The molecule has 1 N–H and O–H groups in total. The molecule has 0 aliphatic carbocycles. The van der Waals surface area contributed by atoms with Crippen LogP contribution in [-0.2, 0) is 0 Å². The Morgan fingerprint density at radius 1 is 1.35 bits per heavy atom. The molecule has 3 rings (SSSR count). The Bertz CT molecular complexity index is 577. The molecule has 1 fully saturated rings. The van der Waals surface area contributed by atoms with Gasteiger partial charge >= 0.3 is 5.69 Å². The third kappa shape index (κ3) is 2.29. The van der Waals surface area contributed by atoms with Crippen LogP contribution in [0.1, 0.15) is 18.9 Å². The number of piperidine rings is 1. The van der Waals surface area contributed by atoms with Gasteiger partial charge in [0.2, 0.25) is 0 Å². The van der Waals surface area contributed by atoms with Gasteiger partial charge < -0.3 is 10.2 Å². The summed E-state index contributed by atoms with van der Waals surface area (Å²) in [5.41, 5.74) is -0.205. The summed E-state index contributed by atoms with van der Waals surface area (Å²) in [7, 11) is 0. The average Bonchev–Trinajstić information content (AvgIpc) is 2.85. The van der Waals surface area contributed by atoms with Crippen LogP contribution in [0.3, 0.4) is 0 Å². The summed E-state index contributed by atoms with van der Waals surface area (Å²) in [6, 6.07) is 2.53. The highest BCUT2D eigenvalue weighted by atomic mass is 16.6. The van der Waals surface area contributed by atoms with Crippen LogP contribution in [-0.4, -0.2) is 40.6 Å². The first-order chi connectivity index (χ1) is 9.66. The Morgan fingerprint density at radius 3 is 2.80 bits per heavy atom. The third-order valence-corrected chi connectivity index (χ3v) is 3.94. The zero-order valence-electron chi connectivity index (χ0n) is 11.1. The average molecular weight is 277 g/mol. The van der Waals surface area contributed by atoms with E-state index >= 15 is 0 Å². The Morgan fingerprint density at radius 2 is 2.10 bits per heavy atom. The largest absolute Gasteiger partial charge is 0.364 e. The summed E-state index contributed by atoms with van der Waals surface area (Å²) in [5, 5.41) is 14.0. The monoisotopic (exact) mass is 277 g/mol. The van der Waals surface area contributed by atoms with Crippen molar-refractivity contribution in [3.63, 3.8) is 0 Å². The molecule has 1 aromatic heterocycles. The number of nitrogens with one attached hydrogen (secondary N) is 1. The van der Waals surface area contributed by atoms with Crippen molar-refractivity contribution in [1.82, 2.24) is 9.47 Å². The second kappa shape index (κ2) is 5.24. The molecule has 1 unspecified atom stereocenters. The molecule has 0 spiro atoms. The number of rotatable bonds is 3. The van der Waals surface area contributed by atoms with Gasteiger partial charge in [0, 0.05) is 25.2 Å². The maximum Gasteiger partial charge on any atom is 0.309 e. The van der Waals surface area contributed by atoms with Gasteiger partial charge in [-0.25, -0.2) is 0 Å². The number of anilines is 1. The van der Waals surface area contributed by atoms with Gasteiger partial charge in [-0.1, -0.05) is 0 Å². The number of pyridine rings is 1. The van der Waals surface area contributed by atoms with Gasteiger partial charge in [-0.3, -0.25) is 19.5 Å². The predicted octanol–water partition coefficient (Wildman–Crippen LogP) is 1.02. The lowest BCUT2D eigenvalue weighted by Gasteiger charge is -2.29. The highest BCUT2D eigenvalue weighted by Gasteiger charge is 2.30. The number of hydrogen-bond acceptors (Lipinski definition) is 5. The van der Waals surface area contributed by atoms with E-state index in [1.807, 2.05) is 0 Å². The van der Waals surface area contributed by atoms with Crippen LogP contribution in [0.4, 0.5) is 11.5 Å². The van der Waals surface area contributed by atoms with Crippen LogP contribution in [0.25, 0.3) is 0 Å². The zero-order chi connectivity index (χ0) is 14.1. The van der Waals surface area contributed by atoms with Crippen LogP contribution < -0.4 is 10.9 Å². The van der Waals surface area contributed by atoms with Crippen molar-refractivity contribution < 1.29 is 4.92 Å². The molecule has 0 aromatic carbocycles. The molecule has 3 heterocycles. The van der Waals surface area contributed by atoms with Crippen molar-refractivity contribution >= 4 is 11.5 Å². The third-order valence-electron chi connectivity index (χ3n) is 3.94. The number of likely N-dealkylation sites (tertiary alicyclic amines) is 1. The fourth-order valence-electron chi connectivity index (χ4n) is 2.97. The van der Waals surface area contributed by atoms with Crippen molar-refractivity contribution in [3.05, 3.63) is 39.0 Å². The number of nitro groups is 1. The molecule has 0 amide bonds. The van der Waals surface area contributed by atoms with Gasteiger partial charge in [0.25, 0.3) is 5.56 Å². The molecule has 0 bridgehead atoms. The minimum atomic E-state index is -0.448. The molecule has 0 saturated carbocycles. The van der Waals surface area contributed by atoms with E-state index in [0.29, 0.717) is 12.4 Å². The number of fused-ring (bicyclic) bond motifs is 1. The van der Waals surface area contributed by atoms with E-state index in [4.69, 9.17) is 0 Å². The van der Waals surface area contributed by atoms with Gasteiger partial charge in [0.1, 0.15) is 0 Å². The van der Waals surface area contributed by atoms with Crippen LogP contribution in [0.2, 0.25) is 0 Å². The van der Waals surface area contributed by atoms with E-state index in [1.165, 1.54) is 16.7 Å². The van der Waals surface area contributed by atoms with Gasteiger partial charge in [0.15, 0.2) is 5.82 Å². The molecule has 1 atom stereocenters. The van der Waals surface area contributed by atoms with E-state index in [0.717, 1.165) is 32.5 Å². The Labute approximate surface area is 116 Å². The summed E-state index contributed by atoms with van der Waals surface area (Å²) in [5.74, 6) is 0.344. The van der Waals surface area contributed by atoms with Crippen molar-refractivity contribution in [2.24, 2.45) is 0 Å². The summed E-state index contributed by atoms with van der Waals surface area (Å²) in [6.45, 7) is 3.32. The minimum Gasteiger partial charge on any atom is -0.364 e. The first kappa shape index (κ1) is 13.1. The van der Waals surface area contributed by atoms with Crippen molar-refractivity contribution in [2.75, 3.05) is 31.5 Å². The molecule has 2 aliphatic heterocycles. The molecule has 107 valence electrons. The van der Waals surface area contributed by atoms with Gasteiger partial charge in [0.05, 0.1) is 11.0 Å². The van der Waals surface area contributed by atoms with Crippen LogP contribution >= 0.6 is 0 Å². The fourth-order valence-corrected chi connectivity index (χ4v) is 2.97. The summed E-state index contributed by atoms with van der Waals surface area (Å²) < 4.78 is 1.54. The van der Waals surface area contributed by atoms with Crippen molar-refractivity contribution in [3.8, 4) is 0 Å². The smallest absolute Gasteiger partial charge is 0.309 e. The van der Waals surface area contributed by atoms with Gasteiger partial charge in [-0.2, -0.15) is 0 Å². The standard InChI is InChI=1S/C13H17N4O3/c18-12-5-4-11(17(19)20)13-14-8-10(16(12)13)9-15-6-2-1-3-7-15/h1,4-5,10,14H,2-3,6-9H2. The fraction of sp³-hybridized carbons (Fsp3) is 0.538. The minimum absolute atomic E-state index is 0.0286. The first-order valence-corrected chi connectivity index (χ1v) is 6.84. The molecule has 7 heteroatoms. The first-order valence-electron chi connectivity index (χ1n) is 6.84. The van der Waals surface area contributed by atoms with E-state index in [9.17, 15) is 14.9 Å². The predicted molar refractivity (Wildman–Crippen MR) is 74.9 cm³/mol. The highest BCUT2D eigenvalue weighted by molar-refractivity contribution is 5.58. The summed E-state index contributed by atoms with van der Waals surface area (Å²) >= 11 is 0. The van der Waals surface area contributed by atoms with Crippen molar-refractivity contribution in [2.45, 2.75) is 18.9 Å². The van der Waals surface area contributed by atoms with E-state index in [1.54, 1.807) is 0 Å². The van der Waals surface area contributed by atoms with Gasteiger partial charge in [-0.05, 0) is 32.4 Å².